The van der Waals surface area contributed by atoms with Crippen molar-refractivity contribution in [1.82, 2.24) is 10.6 Å². The third-order valence-corrected chi connectivity index (χ3v) is 2.68. The average molecular weight is 243 g/mol. The van der Waals surface area contributed by atoms with Gasteiger partial charge in [0.05, 0.1) is 11.3 Å². The average Bonchev–Trinajstić information content (AvgIpc) is 2.68. The number of aliphatic imine (C=N–C) groups is 1. The fraction of sp³-hybridized carbons (Fsp3) is 0.286. The second-order valence-electron chi connectivity index (χ2n) is 3.92. The zero-order valence-electron chi connectivity index (χ0n) is 10.7. The van der Waals surface area contributed by atoms with E-state index in [0.717, 1.165) is 17.8 Å². The van der Waals surface area contributed by atoms with Crippen LogP contribution in [0.2, 0.25) is 0 Å². The van der Waals surface area contributed by atoms with Gasteiger partial charge in [0.25, 0.3) is 5.91 Å². The molecule has 0 aliphatic carbocycles. The molecule has 1 heterocycles. The first kappa shape index (κ1) is 12.4. The molecule has 0 atom stereocenters. The summed E-state index contributed by atoms with van der Waals surface area (Å²) < 4.78 is 0. The molecule has 0 bridgehead atoms. The molecule has 2 rings (SSSR count). The van der Waals surface area contributed by atoms with Crippen LogP contribution in [-0.2, 0) is 4.79 Å². The summed E-state index contributed by atoms with van der Waals surface area (Å²) in [6.45, 7) is 5.35. The van der Waals surface area contributed by atoms with Crippen LogP contribution in [-0.4, -0.2) is 24.8 Å². The third-order valence-electron chi connectivity index (χ3n) is 2.68. The highest BCUT2D eigenvalue weighted by Gasteiger charge is 2.28. The van der Waals surface area contributed by atoms with E-state index in [2.05, 4.69) is 15.6 Å². The van der Waals surface area contributed by atoms with Crippen molar-refractivity contribution in [3.63, 3.8) is 0 Å². The van der Waals surface area contributed by atoms with Gasteiger partial charge in [-0.3, -0.25) is 9.79 Å². The Balaban J connectivity index is 2.51. The number of nitrogens with one attached hydrogen (secondary N) is 2. The van der Waals surface area contributed by atoms with Gasteiger partial charge in [-0.05, 0) is 19.4 Å². The minimum Gasteiger partial charge on any atom is -0.382 e. The zero-order chi connectivity index (χ0) is 13.0. The summed E-state index contributed by atoms with van der Waals surface area (Å²) in [7, 11) is 0. The molecule has 0 aromatic heterocycles. The maximum atomic E-state index is 12.1. The normalized spacial score (nSPS) is 17.2. The predicted octanol–water partition coefficient (Wildman–Crippen LogP) is 1.56. The number of likely N-dealkylation sites (N-methyl/N-ethyl adjacent to an activating group) is 1. The summed E-state index contributed by atoms with van der Waals surface area (Å²) in [4.78, 5) is 16.4. The van der Waals surface area contributed by atoms with Gasteiger partial charge in [-0.25, -0.2) is 0 Å². The van der Waals surface area contributed by atoms with Crippen LogP contribution >= 0.6 is 0 Å². The SMILES string of the molecule is CCN=C1NC(=O)C(c2ccccc2)=C1NCC. The molecule has 1 aliphatic rings. The molecular formula is C14H17N3O. The molecule has 1 amide bonds. The summed E-state index contributed by atoms with van der Waals surface area (Å²) in [5.41, 5.74) is 2.38. The molecule has 1 aromatic rings. The van der Waals surface area contributed by atoms with Crippen molar-refractivity contribution < 1.29 is 4.79 Å². The molecule has 0 fully saturated rings. The maximum absolute atomic E-state index is 12.1. The van der Waals surface area contributed by atoms with Gasteiger partial charge in [-0.1, -0.05) is 30.3 Å². The van der Waals surface area contributed by atoms with Crippen LogP contribution in [0.1, 0.15) is 19.4 Å². The van der Waals surface area contributed by atoms with E-state index in [0.29, 0.717) is 18.0 Å². The fourth-order valence-corrected chi connectivity index (χ4v) is 1.97. The standard InChI is InChI=1S/C14H17N3O/c1-3-15-12-11(10-8-6-5-7-9-10)14(18)17-13(12)16-4-2/h5-9H,3-4H2,1-2H3,(H2,15,16,17,18). The lowest BCUT2D eigenvalue weighted by Gasteiger charge is -2.07. The van der Waals surface area contributed by atoms with Crippen molar-refractivity contribution in [3.8, 4) is 0 Å². The first-order valence-corrected chi connectivity index (χ1v) is 6.17. The van der Waals surface area contributed by atoms with Crippen molar-refractivity contribution in [1.29, 1.82) is 0 Å². The van der Waals surface area contributed by atoms with Gasteiger partial charge < -0.3 is 10.6 Å². The number of rotatable bonds is 4. The smallest absolute Gasteiger partial charge is 0.259 e. The fourth-order valence-electron chi connectivity index (χ4n) is 1.97. The molecule has 0 unspecified atom stereocenters. The largest absolute Gasteiger partial charge is 0.382 e. The molecular weight excluding hydrogens is 226 g/mol. The van der Waals surface area contributed by atoms with Gasteiger partial charge in [-0.2, -0.15) is 0 Å². The van der Waals surface area contributed by atoms with E-state index in [-0.39, 0.29) is 5.91 Å². The van der Waals surface area contributed by atoms with Crippen LogP contribution in [0.15, 0.2) is 41.0 Å². The molecule has 1 aromatic carbocycles. The number of benzene rings is 1. The molecule has 1 aliphatic heterocycles. The molecule has 0 saturated carbocycles. The lowest BCUT2D eigenvalue weighted by Crippen LogP contribution is -2.27. The second kappa shape index (κ2) is 5.49. The Labute approximate surface area is 107 Å². The first-order valence-electron chi connectivity index (χ1n) is 6.17. The zero-order valence-corrected chi connectivity index (χ0v) is 10.7. The quantitative estimate of drug-likeness (QED) is 0.843. The van der Waals surface area contributed by atoms with Gasteiger partial charge in [0, 0.05) is 13.1 Å². The Bertz CT molecular complexity index is 503. The Morgan fingerprint density at radius 1 is 1.22 bits per heavy atom. The van der Waals surface area contributed by atoms with E-state index in [4.69, 9.17) is 0 Å². The topological polar surface area (TPSA) is 53.5 Å². The molecule has 4 heteroatoms. The van der Waals surface area contributed by atoms with Gasteiger partial charge in [0.2, 0.25) is 0 Å². The molecule has 94 valence electrons. The highest BCUT2D eigenvalue weighted by molar-refractivity contribution is 6.36. The molecule has 4 nitrogen and oxygen atoms in total. The van der Waals surface area contributed by atoms with Crippen LogP contribution in [0.25, 0.3) is 5.57 Å². The summed E-state index contributed by atoms with van der Waals surface area (Å²) in [5.74, 6) is 0.549. The summed E-state index contributed by atoms with van der Waals surface area (Å²) in [6, 6.07) is 9.65. The van der Waals surface area contributed by atoms with E-state index in [1.807, 2.05) is 44.2 Å². The predicted molar refractivity (Wildman–Crippen MR) is 73.2 cm³/mol. The number of amides is 1. The number of hydrogen-bond donors (Lipinski definition) is 2. The number of hydrogen-bond acceptors (Lipinski definition) is 3. The maximum Gasteiger partial charge on any atom is 0.259 e. The molecule has 0 saturated heterocycles. The van der Waals surface area contributed by atoms with Crippen molar-refractivity contribution in [3.05, 3.63) is 41.6 Å². The molecule has 18 heavy (non-hydrogen) atoms. The van der Waals surface area contributed by atoms with E-state index in [1.165, 1.54) is 0 Å². The Morgan fingerprint density at radius 2 is 1.94 bits per heavy atom. The minimum absolute atomic E-state index is 0.0932. The number of amidine groups is 1. The number of nitrogens with zero attached hydrogens (tertiary/aromatic N) is 1. The van der Waals surface area contributed by atoms with Crippen LogP contribution in [0.5, 0.6) is 0 Å². The van der Waals surface area contributed by atoms with Crippen LogP contribution in [0.3, 0.4) is 0 Å². The van der Waals surface area contributed by atoms with E-state index >= 15 is 0 Å². The van der Waals surface area contributed by atoms with Crippen LogP contribution in [0.4, 0.5) is 0 Å². The highest BCUT2D eigenvalue weighted by Crippen LogP contribution is 2.22. The summed E-state index contributed by atoms with van der Waals surface area (Å²) in [5, 5.41) is 6.04. The van der Waals surface area contributed by atoms with Gasteiger partial charge >= 0.3 is 0 Å². The van der Waals surface area contributed by atoms with E-state index in [9.17, 15) is 4.79 Å². The van der Waals surface area contributed by atoms with Crippen molar-refractivity contribution in [2.24, 2.45) is 4.99 Å². The van der Waals surface area contributed by atoms with E-state index in [1.54, 1.807) is 0 Å². The van der Waals surface area contributed by atoms with Crippen molar-refractivity contribution in [2.45, 2.75) is 13.8 Å². The Morgan fingerprint density at radius 3 is 2.56 bits per heavy atom. The van der Waals surface area contributed by atoms with Crippen LogP contribution < -0.4 is 10.6 Å². The molecule has 0 radical (unpaired) electrons. The van der Waals surface area contributed by atoms with Crippen molar-refractivity contribution in [2.75, 3.05) is 13.1 Å². The highest BCUT2D eigenvalue weighted by atomic mass is 16.2. The summed E-state index contributed by atoms with van der Waals surface area (Å²) >= 11 is 0. The summed E-state index contributed by atoms with van der Waals surface area (Å²) in [6.07, 6.45) is 0. The monoisotopic (exact) mass is 243 g/mol. The lowest BCUT2D eigenvalue weighted by atomic mass is 10.1. The number of carbonyl (C=O) groups is 1. The number of carbonyl (C=O) groups excluding carboxylic acids is 1. The van der Waals surface area contributed by atoms with Gasteiger partial charge in [-0.15, -0.1) is 0 Å². The van der Waals surface area contributed by atoms with Gasteiger partial charge in [0.15, 0.2) is 5.84 Å². The van der Waals surface area contributed by atoms with Crippen LogP contribution in [0, 0.1) is 0 Å². The van der Waals surface area contributed by atoms with Gasteiger partial charge in [0.1, 0.15) is 0 Å². The lowest BCUT2D eigenvalue weighted by molar-refractivity contribution is -0.114. The van der Waals surface area contributed by atoms with Crippen molar-refractivity contribution >= 4 is 17.3 Å². The Kier molecular flexibility index (Phi) is 3.77. The molecule has 2 N–H and O–H groups in total. The minimum atomic E-state index is -0.0932. The van der Waals surface area contributed by atoms with E-state index < -0.39 is 0 Å². The molecule has 0 spiro atoms. The third kappa shape index (κ3) is 2.27. The Hall–Kier alpha value is -2.10. The first-order chi connectivity index (χ1) is 8.77. The second-order valence-corrected chi connectivity index (χ2v) is 3.92.